The first-order valence-corrected chi connectivity index (χ1v) is 8.12. The maximum Gasteiger partial charge on any atom is 0.171 e. The number of halogens is 2. The van der Waals surface area contributed by atoms with Crippen LogP contribution in [-0.4, -0.2) is 14.9 Å². The van der Waals surface area contributed by atoms with Crippen molar-refractivity contribution < 1.29 is 0 Å². The van der Waals surface area contributed by atoms with E-state index in [1.807, 2.05) is 23.7 Å². The van der Waals surface area contributed by atoms with Crippen LogP contribution < -0.4 is 10.6 Å². The summed E-state index contributed by atoms with van der Waals surface area (Å²) in [6.07, 6.45) is 0. The highest BCUT2D eigenvalue weighted by atomic mass is 35.5. The van der Waals surface area contributed by atoms with Crippen molar-refractivity contribution in [3.05, 3.63) is 45.2 Å². The van der Waals surface area contributed by atoms with Crippen LogP contribution in [0.5, 0.6) is 0 Å². The van der Waals surface area contributed by atoms with E-state index in [1.54, 1.807) is 6.07 Å². The summed E-state index contributed by atoms with van der Waals surface area (Å²) >= 11 is 17.4. The van der Waals surface area contributed by atoms with Crippen LogP contribution in [0.15, 0.2) is 18.2 Å². The Hall–Kier alpha value is -1.30. The summed E-state index contributed by atoms with van der Waals surface area (Å²) in [5.74, 6) is 0. The molecule has 2 aromatic rings. The molecule has 0 fully saturated rings. The number of thiocarbonyl (C=S) groups is 1. The van der Waals surface area contributed by atoms with Crippen molar-refractivity contribution in [1.82, 2.24) is 15.1 Å². The largest absolute Gasteiger partial charge is 0.358 e. The molecule has 0 saturated heterocycles. The molecule has 118 valence electrons. The molecule has 22 heavy (non-hydrogen) atoms. The maximum absolute atomic E-state index is 6.13. The molecular weight excluding hydrogens is 339 g/mol. The molecule has 2 N–H and O–H groups in total. The molecule has 0 aliphatic carbocycles. The standard InChI is InChI=1S/C15H18Cl2N4S/c1-4-21-10(3)11(9(2)20-21)8-18-15(22)19-13-7-5-6-12(16)14(13)17/h5-7H,4,8H2,1-3H3,(H2,18,19,22). The molecule has 0 amide bonds. The summed E-state index contributed by atoms with van der Waals surface area (Å²) in [5, 5.41) is 12.2. The molecule has 0 saturated carbocycles. The molecule has 0 aliphatic heterocycles. The second-order valence-corrected chi connectivity index (χ2v) is 6.07. The van der Waals surface area contributed by atoms with Crippen LogP contribution in [0.4, 0.5) is 5.69 Å². The molecule has 1 heterocycles. The lowest BCUT2D eigenvalue weighted by Gasteiger charge is -2.12. The Morgan fingerprint density at radius 3 is 2.68 bits per heavy atom. The molecule has 0 spiro atoms. The van der Waals surface area contributed by atoms with Gasteiger partial charge in [0.2, 0.25) is 0 Å². The Balaban J connectivity index is 2.02. The number of nitrogens with one attached hydrogen (secondary N) is 2. The smallest absolute Gasteiger partial charge is 0.171 e. The number of benzene rings is 1. The van der Waals surface area contributed by atoms with Gasteiger partial charge in [0.25, 0.3) is 0 Å². The SMILES string of the molecule is CCn1nc(C)c(CNC(=S)Nc2cccc(Cl)c2Cl)c1C. The van der Waals surface area contributed by atoms with Crippen LogP contribution in [0.1, 0.15) is 23.9 Å². The number of aryl methyl sites for hydroxylation is 2. The van der Waals surface area contributed by atoms with Crippen LogP contribution in [0, 0.1) is 13.8 Å². The predicted octanol–water partition coefficient (Wildman–Crippen LogP) is 4.31. The summed E-state index contributed by atoms with van der Waals surface area (Å²) in [6, 6.07) is 5.38. The summed E-state index contributed by atoms with van der Waals surface area (Å²) < 4.78 is 1.98. The highest BCUT2D eigenvalue weighted by Gasteiger charge is 2.11. The Kier molecular flexibility index (Phi) is 5.67. The van der Waals surface area contributed by atoms with Gasteiger partial charge in [-0.2, -0.15) is 5.10 Å². The van der Waals surface area contributed by atoms with E-state index >= 15 is 0 Å². The summed E-state index contributed by atoms with van der Waals surface area (Å²) in [5.41, 5.74) is 4.00. The van der Waals surface area contributed by atoms with Crippen molar-refractivity contribution in [2.45, 2.75) is 33.9 Å². The first-order chi connectivity index (χ1) is 10.4. The Labute approximate surface area is 145 Å². The zero-order valence-electron chi connectivity index (χ0n) is 12.7. The van der Waals surface area contributed by atoms with E-state index in [2.05, 4.69) is 29.6 Å². The lowest BCUT2D eigenvalue weighted by Crippen LogP contribution is -2.28. The molecule has 1 aromatic carbocycles. The summed E-state index contributed by atoms with van der Waals surface area (Å²) in [6.45, 7) is 7.60. The molecule has 0 atom stereocenters. The van der Waals surface area contributed by atoms with Gasteiger partial charge in [0.05, 0.1) is 21.4 Å². The van der Waals surface area contributed by atoms with Crippen LogP contribution >= 0.6 is 35.4 Å². The molecule has 7 heteroatoms. The van der Waals surface area contributed by atoms with Crippen molar-refractivity contribution in [3.63, 3.8) is 0 Å². The van der Waals surface area contributed by atoms with Gasteiger partial charge in [-0.05, 0) is 45.1 Å². The third kappa shape index (κ3) is 3.72. The minimum absolute atomic E-state index is 0.458. The highest BCUT2D eigenvalue weighted by Crippen LogP contribution is 2.29. The van der Waals surface area contributed by atoms with E-state index in [0.717, 1.165) is 23.5 Å². The van der Waals surface area contributed by atoms with Crippen LogP contribution in [0.25, 0.3) is 0 Å². The van der Waals surface area contributed by atoms with Crippen LogP contribution in [-0.2, 0) is 13.1 Å². The topological polar surface area (TPSA) is 41.9 Å². The van der Waals surface area contributed by atoms with E-state index in [0.29, 0.717) is 27.4 Å². The molecule has 0 unspecified atom stereocenters. The zero-order valence-corrected chi connectivity index (χ0v) is 15.0. The fraction of sp³-hybridized carbons (Fsp3) is 0.333. The second kappa shape index (κ2) is 7.31. The number of anilines is 1. The van der Waals surface area contributed by atoms with Crippen LogP contribution in [0.3, 0.4) is 0 Å². The quantitative estimate of drug-likeness (QED) is 0.800. The fourth-order valence-electron chi connectivity index (χ4n) is 2.23. The van der Waals surface area contributed by atoms with Gasteiger partial charge >= 0.3 is 0 Å². The molecule has 0 aliphatic rings. The van der Waals surface area contributed by atoms with E-state index in [4.69, 9.17) is 35.4 Å². The van der Waals surface area contributed by atoms with Gasteiger partial charge in [-0.25, -0.2) is 0 Å². The monoisotopic (exact) mass is 356 g/mol. The van der Waals surface area contributed by atoms with E-state index < -0.39 is 0 Å². The fourth-order valence-corrected chi connectivity index (χ4v) is 2.76. The Morgan fingerprint density at radius 1 is 1.32 bits per heavy atom. The zero-order chi connectivity index (χ0) is 16.3. The molecule has 0 radical (unpaired) electrons. The van der Waals surface area contributed by atoms with Gasteiger partial charge in [0.1, 0.15) is 0 Å². The summed E-state index contributed by atoms with van der Waals surface area (Å²) in [4.78, 5) is 0. The average Bonchev–Trinajstić information content (AvgIpc) is 2.76. The average molecular weight is 357 g/mol. The number of rotatable bonds is 4. The van der Waals surface area contributed by atoms with E-state index in [1.165, 1.54) is 0 Å². The van der Waals surface area contributed by atoms with Gasteiger partial charge < -0.3 is 10.6 Å². The van der Waals surface area contributed by atoms with E-state index in [9.17, 15) is 0 Å². The molecular formula is C15H18Cl2N4S. The molecule has 1 aromatic heterocycles. The first kappa shape index (κ1) is 17.1. The minimum Gasteiger partial charge on any atom is -0.358 e. The van der Waals surface area contributed by atoms with E-state index in [-0.39, 0.29) is 0 Å². The predicted molar refractivity (Wildman–Crippen MR) is 96.9 cm³/mol. The van der Waals surface area contributed by atoms with Crippen molar-refractivity contribution in [3.8, 4) is 0 Å². The highest BCUT2D eigenvalue weighted by molar-refractivity contribution is 7.80. The minimum atomic E-state index is 0.458. The lowest BCUT2D eigenvalue weighted by molar-refractivity contribution is 0.633. The number of hydrogen-bond donors (Lipinski definition) is 2. The van der Waals surface area contributed by atoms with Crippen molar-refractivity contribution in [2.24, 2.45) is 0 Å². The van der Waals surface area contributed by atoms with Gasteiger partial charge in [0.15, 0.2) is 5.11 Å². The van der Waals surface area contributed by atoms with Crippen molar-refractivity contribution in [1.29, 1.82) is 0 Å². The number of nitrogens with zero attached hydrogens (tertiary/aromatic N) is 2. The number of hydrogen-bond acceptors (Lipinski definition) is 2. The Bertz CT molecular complexity index is 697. The van der Waals surface area contributed by atoms with Gasteiger partial charge in [-0.3, -0.25) is 4.68 Å². The second-order valence-electron chi connectivity index (χ2n) is 4.87. The Morgan fingerprint density at radius 2 is 2.05 bits per heavy atom. The van der Waals surface area contributed by atoms with Crippen molar-refractivity contribution in [2.75, 3.05) is 5.32 Å². The maximum atomic E-state index is 6.13. The molecule has 0 bridgehead atoms. The molecule has 4 nitrogen and oxygen atoms in total. The normalized spacial score (nSPS) is 10.6. The number of aromatic nitrogens is 2. The molecule has 2 rings (SSSR count). The van der Waals surface area contributed by atoms with Gasteiger partial charge in [-0.1, -0.05) is 29.3 Å². The van der Waals surface area contributed by atoms with Crippen LogP contribution in [0.2, 0.25) is 10.0 Å². The third-order valence-electron chi connectivity index (χ3n) is 3.46. The third-order valence-corrected chi connectivity index (χ3v) is 4.52. The summed E-state index contributed by atoms with van der Waals surface area (Å²) in [7, 11) is 0. The van der Waals surface area contributed by atoms with Gasteiger partial charge in [-0.15, -0.1) is 0 Å². The lowest BCUT2D eigenvalue weighted by atomic mass is 10.2. The van der Waals surface area contributed by atoms with Gasteiger partial charge in [0, 0.05) is 24.3 Å². The van der Waals surface area contributed by atoms with Crippen molar-refractivity contribution >= 4 is 46.2 Å². The first-order valence-electron chi connectivity index (χ1n) is 6.95.